The number of Topliss-reactive ketones (excluding diaryl/α,β-unsaturated/α-hetero) is 1. The molecule has 5 nitrogen and oxygen atoms in total. The highest BCUT2D eigenvalue weighted by atomic mass is 32.2. The molecule has 2 heterocycles. The Balaban J connectivity index is 1.36. The second-order valence-corrected chi connectivity index (χ2v) is 8.89. The molecular formula is C24H28N2O3S. The zero-order chi connectivity index (χ0) is 20.9. The van der Waals surface area contributed by atoms with Crippen LogP contribution in [-0.2, 0) is 4.74 Å². The van der Waals surface area contributed by atoms with Gasteiger partial charge in [-0.25, -0.2) is 0 Å². The average molecular weight is 425 g/mol. The van der Waals surface area contributed by atoms with Crippen molar-refractivity contribution in [3.05, 3.63) is 59.7 Å². The van der Waals surface area contributed by atoms with E-state index in [1.165, 1.54) is 0 Å². The first kappa shape index (κ1) is 20.9. The molecule has 2 aromatic rings. The monoisotopic (exact) mass is 424 g/mol. The van der Waals surface area contributed by atoms with E-state index in [0.29, 0.717) is 19.2 Å². The molecule has 6 heteroatoms. The second kappa shape index (κ2) is 9.67. The van der Waals surface area contributed by atoms with Gasteiger partial charge in [-0.1, -0.05) is 12.1 Å². The summed E-state index contributed by atoms with van der Waals surface area (Å²) in [4.78, 5) is 29.9. The number of rotatable bonds is 6. The van der Waals surface area contributed by atoms with Crippen molar-refractivity contribution in [2.75, 3.05) is 43.4 Å². The Hall–Kier alpha value is -2.31. The summed E-state index contributed by atoms with van der Waals surface area (Å²) >= 11 is 1.73. The molecule has 0 bridgehead atoms. The summed E-state index contributed by atoms with van der Waals surface area (Å²) in [6.07, 6.45) is 2.54. The minimum atomic E-state index is 0.0768. The molecule has 0 aliphatic carbocycles. The minimum Gasteiger partial charge on any atom is -0.377 e. The van der Waals surface area contributed by atoms with Crippen molar-refractivity contribution in [2.24, 2.45) is 0 Å². The summed E-state index contributed by atoms with van der Waals surface area (Å²) in [6.45, 7) is 5.40. The van der Waals surface area contributed by atoms with Gasteiger partial charge in [0.15, 0.2) is 5.78 Å². The average Bonchev–Trinajstić information content (AvgIpc) is 3.31. The number of ketones is 1. The zero-order valence-electron chi connectivity index (χ0n) is 17.4. The number of benzene rings is 2. The van der Waals surface area contributed by atoms with Crippen molar-refractivity contribution in [3.8, 4) is 0 Å². The third-order valence-corrected chi connectivity index (χ3v) is 6.98. The van der Waals surface area contributed by atoms with Crippen molar-refractivity contribution < 1.29 is 14.3 Å². The number of carbonyl (C=O) groups excluding carboxylic acids is 2. The van der Waals surface area contributed by atoms with E-state index in [-0.39, 0.29) is 11.7 Å². The van der Waals surface area contributed by atoms with Gasteiger partial charge in [-0.2, -0.15) is 0 Å². The summed E-state index contributed by atoms with van der Waals surface area (Å²) in [7, 11) is 0. The van der Waals surface area contributed by atoms with Crippen LogP contribution in [0, 0.1) is 0 Å². The number of hydrogen-bond acceptors (Lipinski definition) is 5. The summed E-state index contributed by atoms with van der Waals surface area (Å²) in [5.74, 6) is 1.08. The van der Waals surface area contributed by atoms with Crippen molar-refractivity contribution >= 4 is 29.1 Å². The molecule has 2 aliphatic heterocycles. The molecule has 1 amide bonds. The topological polar surface area (TPSA) is 49.9 Å². The van der Waals surface area contributed by atoms with Crippen LogP contribution in [0.4, 0.5) is 5.69 Å². The number of anilines is 1. The Kier molecular flexibility index (Phi) is 6.75. The quantitative estimate of drug-likeness (QED) is 0.516. The van der Waals surface area contributed by atoms with E-state index in [1.54, 1.807) is 18.7 Å². The molecule has 30 heavy (non-hydrogen) atoms. The fourth-order valence-corrected chi connectivity index (χ4v) is 5.09. The number of thioether (sulfide) groups is 1. The maximum absolute atomic E-state index is 13.2. The van der Waals surface area contributed by atoms with Crippen LogP contribution in [0.1, 0.15) is 40.5 Å². The zero-order valence-corrected chi connectivity index (χ0v) is 18.2. The van der Waals surface area contributed by atoms with Crippen LogP contribution in [0.3, 0.4) is 0 Å². The van der Waals surface area contributed by atoms with Crippen LogP contribution in [0.2, 0.25) is 0 Å². The van der Waals surface area contributed by atoms with Gasteiger partial charge in [0.05, 0.1) is 11.7 Å². The molecule has 158 valence electrons. The largest absolute Gasteiger partial charge is 0.377 e. The van der Waals surface area contributed by atoms with Crippen molar-refractivity contribution in [1.82, 2.24) is 4.90 Å². The summed E-state index contributed by atoms with van der Waals surface area (Å²) < 4.78 is 5.73. The predicted octanol–water partition coefficient (Wildman–Crippen LogP) is 4.12. The number of piperazine rings is 1. The molecule has 2 aromatic carbocycles. The number of carbonyl (C=O) groups is 2. The molecule has 0 spiro atoms. The Morgan fingerprint density at radius 2 is 1.77 bits per heavy atom. The van der Waals surface area contributed by atoms with Crippen LogP contribution in [0.5, 0.6) is 0 Å². The molecular weight excluding hydrogens is 396 g/mol. The maximum Gasteiger partial charge on any atom is 0.255 e. The fraction of sp³-hybridized carbons (Fsp3) is 0.417. The van der Waals surface area contributed by atoms with E-state index < -0.39 is 0 Å². The minimum absolute atomic E-state index is 0.0768. The van der Waals surface area contributed by atoms with Gasteiger partial charge in [-0.3, -0.25) is 9.59 Å². The standard InChI is InChI=1S/C24H28N2O3S/c1-18(27)19-8-10-20(11-9-19)25-12-14-26(15-13-25)24(28)22-6-2-3-7-23(22)30-17-21-5-4-16-29-21/h2-3,6-11,21H,4-5,12-17H2,1H3/t21-/m1/s1. The van der Waals surface area contributed by atoms with Crippen LogP contribution >= 0.6 is 11.8 Å². The lowest BCUT2D eigenvalue weighted by Crippen LogP contribution is -2.48. The van der Waals surface area contributed by atoms with E-state index >= 15 is 0 Å². The highest BCUT2D eigenvalue weighted by Crippen LogP contribution is 2.28. The second-order valence-electron chi connectivity index (χ2n) is 7.82. The summed E-state index contributed by atoms with van der Waals surface area (Å²) in [5, 5.41) is 0. The molecule has 0 saturated carbocycles. The lowest BCUT2D eigenvalue weighted by Gasteiger charge is -2.36. The van der Waals surface area contributed by atoms with E-state index in [9.17, 15) is 9.59 Å². The molecule has 0 N–H and O–H groups in total. The molecule has 0 radical (unpaired) electrons. The molecule has 2 aliphatic rings. The first-order chi connectivity index (χ1) is 14.6. The molecule has 0 unspecified atom stereocenters. The van der Waals surface area contributed by atoms with Gasteiger partial charge in [0.25, 0.3) is 5.91 Å². The smallest absolute Gasteiger partial charge is 0.255 e. The van der Waals surface area contributed by atoms with Gasteiger partial charge in [0.1, 0.15) is 0 Å². The molecule has 2 saturated heterocycles. The highest BCUT2D eigenvalue weighted by Gasteiger charge is 2.25. The summed E-state index contributed by atoms with van der Waals surface area (Å²) in [5.41, 5.74) is 2.61. The highest BCUT2D eigenvalue weighted by molar-refractivity contribution is 7.99. The Morgan fingerprint density at radius 1 is 1.03 bits per heavy atom. The Bertz CT molecular complexity index is 886. The third kappa shape index (κ3) is 4.87. The molecule has 1 atom stereocenters. The Labute approximate surface area is 182 Å². The fourth-order valence-electron chi connectivity index (χ4n) is 3.97. The SMILES string of the molecule is CC(=O)c1ccc(N2CCN(C(=O)c3ccccc3SC[C@H]3CCCO3)CC2)cc1. The number of hydrogen-bond donors (Lipinski definition) is 0. The van der Waals surface area contributed by atoms with Crippen LogP contribution in [-0.4, -0.2) is 61.2 Å². The van der Waals surface area contributed by atoms with E-state index in [0.717, 1.165) is 60.0 Å². The van der Waals surface area contributed by atoms with Gasteiger partial charge >= 0.3 is 0 Å². The lowest BCUT2D eigenvalue weighted by atomic mass is 10.1. The van der Waals surface area contributed by atoms with E-state index in [1.807, 2.05) is 53.4 Å². The van der Waals surface area contributed by atoms with E-state index in [2.05, 4.69) is 4.90 Å². The van der Waals surface area contributed by atoms with Gasteiger partial charge in [0, 0.05) is 54.7 Å². The number of amides is 1. The molecule has 0 aromatic heterocycles. The predicted molar refractivity (Wildman–Crippen MR) is 121 cm³/mol. The summed E-state index contributed by atoms with van der Waals surface area (Å²) in [6, 6.07) is 15.6. The van der Waals surface area contributed by atoms with Gasteiger partial charge < -0.3 is 14.5 Å². The van der Waals surface area contributed by atoms with Crippen LogP contribution < -0.4 is 4.90 Å². The first-order valence-corrected chi connectivity index (χ1v) is 11.6. The maximum atomic E-state index is 13.2. The van der Waals surface area contributed by atoms with Crippen LogP contribution in [0.25, 0.3) is 0 Å². The Morgan fingerprint density at radius 3 is 2.43 bits per heavy atom. The molecule has 4 rings (SSSR count). The molecule has 2 fully saturated rings. The first-order valence-electron chi connectivity index (χ1n) is 10.6. The van der Waals surface area contributed by atoms with Crippen LogP contribution in [0.15, 0.2) is 53.4 Å². The number of nitrogens with zero attached hydrogens (tertiary/aromatic N) is 2. The lowest BCUT2D eigenvalue weighted by molar-refractivity contribution is 0.0743. The van der Waals surface area contributed by atoms with E-state index in [4.69, 9.17) is 4.74 Å². The number of ether oxygens (including phenoxy) is 1. The van der Waals surface area contributed by atoms with Gasteiger partial charge in [0.2, 0.25) is 0 Å². The van der Waals surface area contributed by atoms with Gasteiger partial charge in [-0.05, 0) is 56.2 Å². The third-order valence-electron chi connectivity index (χ3n) is 5.77. The normalized spacial score (nSPS) is 19.2. The van der Waals surface area contributed by atoms with Gasteiger partial charge in [-0.15, -0.1) is 11.8 Å². The van der Waals surface area contributed by atoms with Crippen molar-refractivity contribution in [1.29, 1.82) is 0 Å². The van der Waals surface area contributed by atoms with Crippen molar-refractivity contribution in [2.45, 2.75) is 30.8 Å². The van der Waals surface area contributed by atoms with Crippen molar-refractivity contribution in [3.63, 3.8) is 0 Å².